The molecule has 0 aromatic carbocycles. The monoisotopic (exact) mass is 564 g/mol. The van der Waals surface area contributed by atoms with Crippen molar-refractivity contribution in [3.05, 3.63) is 34.6 Å². The van der Waals surface area contributed by atoms with Crippen LogP contribution in [0.4, 0.5) is 0 Å². The number of cyclic esters (lactones) is 3. The van der Waals surface area contributed by atoms with Crippen molar-refractivity contribution < 1.29 is 124 Å². The first-order valence-corrected chi connectivity index (χ1v) is 9.86. The zero-order chi connectivity index (χ0) is 28.0. The van der Waals surface area contributed by atoms with Gasteiger partial charge in [-0.1, -0.05) is 0 Å². The maximum atomic E-state index is 11.2. The molecule has 0 aromatic rings. The fourth-order valence-corrected chi connectivity index (χ4v) is 2.69. The van der Waals surface area contributed by atoms with Crippen molar-refractivity contribution >= 4 is 17.9 Å². The van der Waals surface area contributed by atoms with E-state index in [0.717, 1.165) is 0 Å². The Bertz CT molecular complexity index is 936. The maximum Gasteiger partial charge on any atom is 1.00 e. The van der Waals surface area contributed by atoms with Gasteiger partial charge in [-0.25, -0.2) is 14.4 Å². The number of hydrogen-bond donors (Lipinski definition) is 9. The van der Waals surface area contributed by atoms with Crippen LogP contribution in [0.2, 0.25) is 0 Å². The molecular weight excluding hydrogens is 543 g/mol. The first kappa shape index (κ1) is 33.2. The Morgan fingerprint density at radius 1 is 0.658 bits per heavy atom. The van der Waals surface area contributed by atoms with E-state index in [1.54, 1.807) is 0 Å². The molecule has 3 aliphatic heterocycles. The number of aliphatic hydroxyl groups is 9. The summed E-state index contributed by atoms with van der Waals surface area (Å²) in [4.78, 5) is 41.9. The normalized spacial score (nSPS) is 25.1. The third-order valence-corrected chi connectivity index (χ3v) is 4.61. The summed E-state index contributed by atoms with van der Waals surface area (Å²) >= 11 is 0. The molecule has 9 N–H and O–H groups in total. The van der Waals surface area contributed by atoms with E-state index in [9.17, 15) is 39.9 Å². The fourth-order valence-electron chi connectivity index (χ4n) is 2.69. The second kappa shape index (κ2) is 14.3. The molecule has 38 heavy (non-hydrogen) atoms. The largest absolute Gasteiger partial charge is 1.00 e. The number of carbonyl (C=O) groups excluding carboxylic acids is 3. The Labute approximate surface area is 232 Å². The first-order chi connectivity index (χ1) is 17.4. The molecule has 3 rings (SSSR count). The number of ether oxygens (including phenoxy) is 3. The van der Waals surface area contributed by atoms with Crippen LogP contribution in [0.1, 0.15) is 0 Å². The van der Waals surface area contributed by atoms with Crippen LogP contribution >= 0.6 is 0 Å². The molecule has 3 heterocycles. The summed E-state index contributed by atoms with van der Waals surface area (Å²) < 4.78 is 13.3. The van der Waals surface area contributed by atoms with Crippen LogP contribution in [-0.2, 0) is 43.4 Å². The minimum absolute atomic E-state index is 0. The van der Waals surface area contributed by atoms with E-state index >= 15 is 0 Å². The molecule has 3 aliphatic rings. The third kappa shape index (κ3) is 7.17. The predicted molar refractivity (Wildman–Crippen MR) is 101 cm³/mol. The van der Waals surface area contributed by atoms with E-state index in [0.29, 0.717) is 0 Å². The quantitative estimate of drug-likeness (QED) is 0.0391. The van der Waals surface area contributed by atoms with Crippen LogP contribution in [0.5, 0.6) is 0 Å². The van der Waals surface area contributed by atoms with E-state index in [2.05, 4.69) is 29.0 Å². The van der Waals surface area contributed by atoms with Gasteiger partial charge in [0.05, 0.1) is 19.8 Å². The van der Waals surface area contributed by atoms with E-state index < -0.39 is 109 Å². The molecule has 6 atom stereocenters. The third-order valence-electron chi connectivity index (χ3n) is 4.61. The second-order valence-electron chi connectivity index (χ2n) is 7.10. The zero-order valence-electron chi connectivity index (χ0n) is 19.2. The van der Waals surface area contributed by atoms with Gasteiger partial charge in [0.2, 0.25) is 23.0 Å². The fraction of sp³-hybridized carbons (Fsp3) is 0.500. The maximum absolute atomic E-state index is 11.2. The van der Waals surface area contributed by atoms with E-state index in [-0.39, 0.29) is 29.6 Å². The minimum atomic E-state index is -1.65. The Hall–Kier alpha value is -2.85. The van der Waals surface area contributed by atoms with Gasteiger partial charge in [0.15, 0.2) is 18.0 Å². The summed E-state index contributed by atoms with van der Waals surface area (Å²) in [6.07, 6.45) is -9.47. The summed E-state index contributed by atoms with van der Waals surface area (Å²) in [5.41, 5.74) is 0. The van der Waals surface area contributed by atoms with Crippen LogP contribution in [0.15, 0.2) is 34.6 Å². The smallest absolute Gasteiger partial charge is 0.870 e. The summed E-state index contributed by atoms with van der Waals surface area (Å²) in [5, 5.41) is 96.6. The predicted octanol–water partition coefficient (Wildman–Crippen LogP) is -8.64. The molecule has 20 heteroatoms. The van der Waals surface area contributed by atoms with Crippen LogP contribution < -0.4 is 34.7 Å². The summed E-state index contributed by atoms with van der Waals surface area (Å²) in [6.45, 7) is -2.41. The van der Waals surface area contributed by atoms with Gasteiger partial charge in [0, 0.05) is 5.04 Å². The summed E-state index contributed by atoms with van der Waals surface area (Å²) in [5.74, 6) is -9.41. The van der Waals surface area contributed by atoms with Crippen LogP contribution in [0.25, 0.3) is 0 Å². The van der Waals surface area contributed by atoms with E-state index in [4.69, 9.17) is 25.5 Å². The average Bonchev–Trinajstić information content (AvgIpc) is 3.44. The molecule has 0 bridgehead atoms. The Morgan fingerprint density at radius 3 is 1.29 bits per heavy atom. The molecule has 0 saturated carbocycles. The molecule has 19 nitrogen and oxygen atoms in total. The van der Waals surface area contributed by atoms with Gasteiger partial charge in [-0.3, -0.25) is 9.78 Å². The Morgan fingerprint density at radius 2 is 0.974 bits per heavy atom. The van der Waals surface area contributed by atoms with Crippen LogP contribution in [0, 0.1) is 0 Å². The van der Waals surface area contributed by atoms with Gasteiger partial charge in [-0.15, -0.1) is 0 Å². The van der Waals surface area contributed by atoms with Gasteiger partial charge < -0.3 is 65.3 Å². The Kier molecular flexibility index (Phi) is 12.5. The van der Waals surface area contributed by atoms with Crippen molar-refractivity contribution in [2.24, 2.45) is 0 Å². The Balaban J connectivity index is 0.000000468. The molecule has 0 saturated heterocycles. The van der Waals surface area contributed by atoms with Gasteiger partial charge >= 0.3 is 47.5 Å². The van der Waals surface area contributed by atoms with Crippen molar-refractivity contribution in [1.29, 1.82) is 0 Å². The number of rotatable bonds is 10. The zero-order valence-corrected chi connectivity index (χ0v) is 21.2. The number of carbonyl (C=O) groups is 3. The van der Waals surface area contributed by atoms with Crippen LogP contribution in [-0.4, -0.2) is 120 Å². The van der Waals surface area contributed by atoms with Gasteiger partial charge in [-0.2, -0.15) is 0 Å². The SMILES string of the molecule is O=C1O[C@H]([C@@H](O)CO)C(OOOC2=C(O)C(=O)O[C@@H]2[C@@H](O)CO)=C1O.O=C1O[C@H]([C@@H](O)CO)C([O-])=C1O.[Na+]. The molecule has 0 spiro atoms. The molecule has 0 unspecified atom stereocenters. The van der Waals surface area contributed by atoms with Crippen molar-refractivity contribution in [2.75, 3.05) is 19.8 Å². The molecule has 0 radical (unpaired) electrons. The molecule has 208 valence electrons. The molecule has 0 amide bonds. The summed E-state index contributed by atoms with van der Waals surface area (Å²) in [6, 6.07) is 0. The molecule has 0 aromatic heterocycles. The number of hydrogen-bond acceptors (Lipinski definition) is 19. The van der Waals surface area contributed by atoms with Crippen molar-refractivity contribution in [1.82, 2.24) is 0 Å². The number of esters is 3. The topological polar surface area (TPSA) is 312 Å². The minimum Gasteiger partial charge on any atom is -0.870 e. The van der Waals surface area contributed by atoms with Gasteiger partial charge in [0.25, 0.3) is 0 Å². The molecule has 0 fully saturated rings. The van der Waals surface area contributed by atoms with Gasteiger partial charge in [0.1, 0.15) is 24.4 Å². The van der Waals surface area contributed by atoms with Crippen molar-refractivity contribution in [3.63, 3.8) is 0 Å². The standard InChI is InChI=1S/C12H14O13.C6H8O6.Na/c13-1-3(15)7-9(5(17)11(19)21-7)23-25-24-10-6(18)12(20)22-8(10)4(16)2-14;7-1-2(8)5-3(9)4(10)6(11)12-5;/h3-4,7-8,13-18H,1-2H2;2,5,7-10H,1H2;/q;;+1/p-1/t3-,4-,7+,8+;2-,5+;/m00./s1. The van der Waals surface area contributed by atoms with Crippen molar-refractivity contribution in [2.45, 2.75) is 36.6 Å². The summed E-state index contributed by atoms with van der Waals surface area (Å²) in [7, 11) is 0. The number of aliphatic hydroxyl groups excluding tert-OH is 9. The molecule has 0 aliphatic carbocycles. The first-order valence-electron chi connectivity index (χ1n) is 9.86. The van der Waals surface area contributed by atoms with E-state index in [1.165, 1.54) is 0 Å². The van der Waals surface area contributed by atoms with E-state index in [1.807, 2.05) is 0 Å². The van der Waals surface area contributed by atoms with Crippen LogP contribution in [0.3, 0.4) is 0 Å². The van der Waals surface area contributed by atoms with Gasteiger partial charge in [-0.05, 0) is 5.76 Å². The average molecular weight is 564 g/mol. The molecular formula is C18H21NaO19. The second-order valence-corrected chi connectivity index (χ2v) is 7.10. The van der Waals surface area contributed by atoms with Crippen molar-refractivity contribution in [3.8, 4) is 0 Å².